The minimum atomic E-state index is -4.99. The average Bonchev–Trinajstić information content (AvgIpc) is 2.63. The zero-order valence-electron chi connectivity index (χ0n) is 14.8. The molecular weight excluding hydrogens is 421 g/mol. The van der Waals surface area contributed by atoms with E-state index in [9.17, 15) is 27.6 Å². The van der Waals surface area contributed by atoms with Crippen LogP contribution in [0.3, 0.4) is 0 Å². The highest BCUT2D eigenvalue weighted by atomic mass is 35.5. The third-order valence-corrected chi connectivity index (χ3v) is 3.76. The largest absolute Gasteiger partial charge is 0.463 e. The van der Waals surface area contributed by atoms with Gasteiger partial charge in [0.05, 0.1) is 18.5 Å². The van der Waals surface area contributed by atoms with Crippen LogP contribution in [-0.4, -0.2) is 34.6 Å². The standard InChI is InChI=1S/C16H14ClF3N4O5/c1-2-28-14(26)8-29-22-7-9-5-10(3-4-11(9)17)23-13(25)6-12(16(18,19)20)24(21)15(23)27/h3-7H,2,8,21H2,1H3/b22-7+. The Labute approximate surface area is 165 Å². The molecule has 0 bridgehead atoms. The number of carbonyl (C=O) groups is 1. The zero-order chi connectivity index (χ0) is 21.8. The van der Waals surface area contributed by atoms with Gasteiger partial charge in [-0.2, -0.15) is 13.2 Å². The fraction of sp³-hybridized carbons (Fsp3) is 0.250. The number of nitrogens with two attached hydrogens (primary N) is 1. The lowest BCUT2D eigenvalue weighted by atomic mass is 10.2. The highest BCUT2D eigenvalue weighted by Crippen LogP contribution is 2.26. The van der Waals surface area contributed by atoms with Crippen molar-refractivity contribution in [3.63, 3.8) is 0 Å². The van der Waals surface area contributed by atoms with Crippen molar-refractivity contribution in [1.82, 2.24) is 9.24 Å². The Morgan fingerprint density at radius 3 is 2.62 bits per heavy atom. The lowest BCUT2D eigenvalue weighted by Gasteiger charge is -2.13. The molecule has 13 heteroatoms. The van der Waals surface area contributed by atoms with Crippen molar-refractivity contribution in [2.75, 3.05) is 19.1 Å². The van der Waals surface area contributed by atoms with Gasteiger partial charge in [-0.1, -0.05) is 16.8 Å². The Bertz CT molecular complexity index is 1060. The zero-order valence-corrected chi connectivity index (χ0v) is 15.5. The highest BCUT2D eigenvalue weighted by molar-refractivity contribution is 6.33. The third-order valence-electron chi connectivity index (χ3n) is 3.42. The van der Waals surface area contributed by atoms with Crippen LogP contribution in [0.25, 0.3) is 5.69 Å². The maximum Gasteiger partial charge on any atom is 0.433 e. The number of hydrogen-bond acceptors (Lipinski definition) is 7. The first-order valence-corrected chi connectivity index (χ1v) is 8.26. The molecule has 2 N–H and O–H groups in total. The SMILES string of the molecule is CCOC(=O)CO/N=C/c1cc(-n2c(=O)cc(C(F)(F)F)n(N)c2=O)ccc1Cl. The van der Waals surface area contributed by atoms with Gasteiger partial charge in [0.1, 0.15) is 0 Å². The predicted octanol–water partition coefficient (Wildman–Crippen LogP) is 1.30. The summed E-state index contributed by atoms with van der Waals surface area (Å²) in [6.07, 6.45) is -3.90. The monoisotopic (exact) mass is 434 g/mol. The number of esters is 1. The van der Waals surface area contributed by atoms with E-state index in [1.807, 2.05) is 0 Å². The summed E-state index contributed by atoms with van der Waals surface area (Å²) in [7, 11) is 0. The van der Waals surface area contributed by atoms with Crippen LogP contribution in [0, 0.1) is 0 Å². The molecule has 1 aromatic carbocycles. The third kappa shape index (κ3) is 5.16. The van der Waals surface area contributed by atoms with Crippen LogP contribution in [0.1, 0.15) is 18.2 Å². The fourth-order valence-electron chi connectivity index (χ4n) is 2.17. The molecule has 2 aromatic rings. The van der Waals surface area contributed by atoms with E-state index in [1.165, 1.54) is 18.2 Å². The summed E-state index contributed by atoms with van der Waals surface area (Å²) in [5.74, 6) is 4.55. The quantitative estimate of drug-likeness (QED) is 0.317. The lowest BCUT2D eigenvalue weighted by molar-refractivity contribution is -0.148. The van der Waals surface area contributed by atoms with Crippen LogP contribution in [0.2, 0.25) is 5.02 Å². The molecule has 0 atom stereocenters. The van der Waals surface area contributed by atoms with Crippen LogP contribution in [0.5, 0.6) is 0 Å². The van der Waals surface area contributed by atoms with E-state index < -0.39 is 35.7 Å². The van der Waals surface area contributed by atoms with E-state index in [0.717, 1.165) is 6.21 Å². The van der Waals surface area contributed by atoms with Crippen LogP contribution in [0.4, 0.5) is 13.2 Å². The molecule has 0 aliphatic heterocycles. The number of alkyl halides is 3. The number of ether oxygens (including phenoxy) is 1. The van der Waals surface area contributed by atoms with Crippen molar-refractivity contribution in [2.24, 2.45) is 5.16 Å². The summed E-state index contributed by atoms with van der Waals surface area (Å²) < 4.78 is 43.5. The maximum atomic E-state index is 12.9. The second-order valence-electron chi connectivity index (χ2n) is 5.37. The van der Waals surface area contributed by atoms with E-state index in [4.69, 9.17) is 22.3 Å². The van der Waals surface area contributed by atoms with Gasteiger partial charge in [0.15, 0.2) is 5.69 Å². The van der Waals surface area contributed by atoms with Crippen LogP contribution < -0.4 is 17.1 Å². The van der Waals surface area contributed by atoms with E-state index >= 15 is 0 Å². The Morgan fingerprint density at radius 1 is 1.31 bits per heavy atom. The van der Waals surface area contributed by atoms with Gasteiger partial charge in [-0.15, -0.1) is 0 Å². The Balaban J connectivity index is 2.39. The lowest BCUT2D eigenvalue weighted by Crippen LogP contribution is -2.45. The number of carbonyl (C=O) groups excluding carboxylic acids is 1. The number of benzene rings is 1. The Morgan fingerprint density at radius 2 is 2.00 bits per heavy atom. The molecular formula is C16H14ClF3N4O5. The van der Waals surface area contributed by atoms with Crippen molar-refractivity contribution in [3.05, 3.63) is 61.4 Å². The number of aromatic nitrogens is 2. The summed E-state index contributed by atoms with van der Waals surface area (Å²) in [6.45, 7) is 1.32. The minimum Gasteiger partial charge on any atom is -0.463 e. The van der Waals surface area contributed by atoms with Gasteiger partial charge >= 0.3 is 17.8 Å². The summed E-state index contributed by atoms with van der Waals surface area (Å²) in [4.78, 5) is 40.2. The molecule has 0 amide bonds. The van der Waals surface area contributed by atoms with Gasteiger partial charge in [0.25, 0.3) is 5.56 Å². The topological polar surface area (TPSA) is 118 Å². The van der Waals surface area contributed by atoms with E-state index in [2.05, 4.69) is 9.89 Å². The van der Waals surface area contributed by atoms with Gasteiger partial charge in [-0.3, -0.25) is 4.79 Å². The molecule has 9 nitrogen and oxygen atoms in total. The molecule has 0 aliphatic rings. The van der Waals surface area contributed by atoms with E-state index in [-0.39, 0.29) is 33.6 Å². The molecule has 0 fully saturated rings. The summed E-state index contributed by atoms with van der Waals surface area (Å²) in [5.41, 5.74) is -4.19. The van der Waals surface area contributed by atoms with Crippen LogP contribution in [-0.2, 0) is 20.5 Å². The second kappa shape index (κ2) is 8.82. The van der Waals surface area contributed by atoms with Gasteiger partial charge in [0, 0.05) is 16.7 Å². The summed E-state index contributed by atoms with van der Waals surface area (Å²) >= 11 is 5.99. The number of nitrogen functional groups attached to an aromatic ring is 1. The number of nitrogens with zero attached hydrogens (tertiary/aromatic N) is 3. The molecule has 0 spiro atoms. The van der Waals surface area contributed by atoms with Crippen molar-refractivity contribution in [3.8, 4) is 5.69 Å². The molecule has 0 aliphatic carbocycles. The van der Waals surface area contributed by atoms with Gasteiger partial charge < -0.3 is 15.4 Å². The normalized spacial score (nSPS) is 11.6. The first-order valence-electron chi connectivity index (χ1n) is 7.88. The minimum absolute atomic E-state index is 0.107. The first kappa shape index (κ1) is 22.0. The van der Waals surface area contributed by atoms with Gasteiger partial charge in [-0.05, 0) is 25.1 Å². The molecule has 29 heavy (non-hydrogen) atoms. The molecule has 1 heterocycles. The Kier molecular flexibility index (Phi) is 6.69. The van der Waals surface area contributed by atoms with Gasteiger partial charge in [0.2, 0.25) is 6.61 Å². The molecule has 0 radical (unpaired) electrons. The maximum absolute atomic E-state index is 12.9. The van der Waals surface area contributed by atoms with E-state index in [1.54, 1.807) is 6.92 Å². The molecule has 2 rings (SSSR count). The number of rotatable bonds is 6. The molecule has 0 saturated carbocycles. The second-order valence-corrected chi connectivity index (χ2v) is 5.78. The first-order chi connectivity index (χ1) is 13.6. The van der Waals surface area contributed by atoms with Crippen molar-refractivity contribution in [1.29, 1.82) is 0 Å². The van der Waals surface area contributed by atoms with Gasteiger partial charge in [-0.25, -0.2) is 18.8 Å². The number of halogens is 4. The highest BCUT2D eigenvalue weighted by Gasteiger charge is 2.35. The molecule has 0 unspecified atom stereocenters. The predicted molar refractivity (Wildman–Crippen MR) is 96.6 cm³/mol. The number of hydrogen-bond donors (Lipinski definition) is 1. The smallest absolute Gasteiger partial charge is 0.433 e. The Hall–Kier alpha value is -3.28. The fourth-order valence-corrected chi connectivity index (χ4v) is 2.33. The van der Waals surface area contributed by atoms with E-state index in [0.29, 0.717) is 4.57 Å². The van der Waals surface area contributed by atoms with Crippen LogP contribution in [0.15, 0.2) is 39.0 Å². The van der Waals surface area contributed by atoms with Crippen molar-refractivity contribution in [2.45, 2.75) is 13.1 Å². The van der Waals surface area contributed by atoms with Crippen molar-refractivity contribution >= 4 is 23.8 Å². The average molecular weight is 435 g/mol. The van der Waals surface area contributed by atoms with Crippen molar-refractivity contribution < 1.29 is 27.5 Å². The molecule has 0 saturated heterocycles. The molecule has 1 aromatic heterocycles. The summed E-state index contributed by atoms with van der Waals surface area (Å²) in [5, 5.41) is 3.64. The number of oxime groups is 1. The van der Waals surface area contributed by atoms with Crippen LogP contribution >= 0.6 is 11.6 Å². The summed E-state index contributed by atoms with van der Waals surface area (Å²) in [6, 6.07) is 3.92. The molecule has 156 valence electrons.